The molecule has 0 aliphatic heterocycles. The van der Waals surface area contributed by atoms with E-state index in [-0.39, 0.29) is 5.82 Å². The largest absolute Gasteiger partial charge is 0.290 e. The van der Waals surface area contributed by atoms with Gasteiger partial charge in [0.15, 0.2) is 0 Å². The summed E-state index contributed by atoms with van der Waals surface area (Å²) in [6, 6.07) is 11.9. The van der Waals surface area contributed by atoms with Gasteiger partial charge in [0.1, 0.15) is 5.82 Å². The lowest BCUT2D eigenvalue weighted by molar-refractivity contribution is 0.0953. The smallest absolute Gasteiger partial charge is 0.265 e. The van der Waals surface area contributed by atoms with Crippen LogP contribution in [0.15, 0.2) is 51.8 Å². The third kappa shape index (κ3) is 3.59. The molecule has 0 aliphatic carbocycles. The summed E-state index contributed by atoms with van der Waals surface area (Å²) in [5.74, 6) is 4.73. The van der Waals surface area contributed by atoms with Crippen molar-refractivity contribution in [3.8, 4) is 0 Å². The molecule has 6 heteroatoms. The predicted octanol–water partition coefficient (Wildman–Crippen LogP) is 3.48. The van der Waals surface area contributed by atoms with Gasteiger partial charge in [-0.2, -0.15) is 0 Å². The molecule has 0 saturated heterocycles. The summed E-state index contributed by atoms with van der Waals surface area (Å²) < 4.78 is 14.7. The number of halogens is 2. The van der Waals surface area contributed by atoms with Gasteiger partial charge in [0, 0.05) is 20.7 Å². The summed E-state index contributed by atoms with van der Waals surface area (Å²) in [6.07, 6.45) is 0. The molecule has 0 radical (unpaired) electrons. The summed E-state index contributed by atoms with van der Waals surface area (Å²) >= 11 is 4.93. The van der Waals surface area contributed by atoms with Crippen molar-refractivity contribution in [3.63, 3.8) is 0 Å². The highest BCUT2D eigenvalue weighted by Crippen LogP contribution is 2.30. The van der Waals surface area contributed by atoms with Crippen molar-refractivity contribution >= 4 is 33.6 Å². The molecule has 0 saturated carbocycles. The minimum atomic E-state index is -0.433. The normalized spacial score (nSPS) is 10.3. The quantitative estimate of drug-likeness (QED) is 0.382. The van der Waals surface area contributed by atoms with E-state index in [2.05, 4.69) is 15.9 Å². The van der Waals surface area contributed by atoms with Crippen LogP contribution >= 0.6 is 27.7 Å². The maximum absolute atomic E-state index is 13.8. The van der Waals surface area contributed by atoms with Crippen molar-refractivity contribution in [2.24, 2.45) is 5.84 Å². The Hall–Kier alpha value is -1.37. The molecule has 0 heterocycles. The highest BCUT2D eigenvalue weighted by Gasteiger charge is 2.09. The third-order valence-corrected chi connectivity index (χ3v) is 4.74. The van der Waals surface area contributed by atoms with Gasteiger partial charge >= 0.3 is 0 Å². The van der Waals surface area contributed by atoms with E-state index in [4.69, 9.17) is 5.84 Å². The van der Waals surface area contributed by atoms with E-state index < -0.39 is 5.91 Å². The van der Waals surface area contributed by atoms with Crippen LogP contribution in [0.2, 0.25) is 0 Å². The molecule has 0 bridgehead atoms. The van der Waals surface area contributed by atoms with Gasteiger partial charge < -0.3 is 0 Å². The Balaban J connectivity index is 2.17. The Morgan fingerprint density at radius 2 is 2.05 bits per heavy atom. The molecule has 2 aromatic rings. The van der Waals surface area contributed by atoms with E-state index in [1.807, 2.05) is 29.7 Å². The molecule has 3 N–H and O–H groups in total. The number of rotatable bonds is 4. The average molecular weight is 355 g/mol. The van der Waals surface area contributed by atoms with Crippen LogP contribution in [0.25, 0.3) is 0 Å². The molecule has 0 fully saturated rings. The lowest BCUT2D eigenvalue weighted by atomic mass is 10.1. The number of benzene rings is 2. The molecular weight excluding hydrogens is 343 g/mol. The van der Waals surface area contributed by atoms with Crippen LogP contribution in [-0.2, 0) is 5.75 Å². The third-order valence-electron chi connectivity index (χ3n) is 2.66. The van der Waals surface area contributed by atoms with Crippen LogP contribution in [0.1, 0.15) is 15.9 Å². The summed E-state index contributed by atoms with van der Waals surface area (Å²) in [5.41, 5.74) is 2.84. The molecule has 0 unspecified atom stereocenters. The highest BCUT2D eigenvalue weighted by atomic mass is 79.9. The fraction of sp³-hybridized carbons (Fsp3) is 0.0714. The monoisotopic (exact) mass is 354 g/mol. The number of amides is 1. The van der Waals surface area contributed by atoms with Gasteiger partial charge in [-0.1, -0.05) is 12.1 Å². The molecular formula is C14H12BrFN2OS. The molecule has 0 atom stereocenters. The maximum atomic E-state index is 13.8. The first kappa shape index (κ1) is 15.0. The van der Waals surface area contributed by atoms with Crippen molar-refractivity contribution in [3.05, 3.63) is 63.9 Å². The van der Waals surface area contributed by atoms with Crippen molar-refractivity contribution in [1.82, 2.24) is 5.43 Å². The van der Waals surface area contributed by atoms with Crippen molar-refractivity contribution in [2.75, 3.05) is 0 Å². The predicted molar refractivity (Wildman–Crippen MR) is 81.8 cm³/mol. The second-order valence-corrected chi connectivity index (χ2v) is 5.87. The molecule has 1 amide bonds. The lowest BCUT2D eigenvalue weighted by Crippen LogP contribution is -2.30. The van der Waals surface area contributed by atoms with Gasteiger partial charge in [0.25, 0.3) is 5.91 Å². The van der Waals surface area contributed by atoms with E-state index >= 15 is 0 Å². The molecule has 2 rings (SSSR count). The fourth-order valence-corrected chi connectivity index (χ4v) is 3.17. The zero-order chi connectivity index (χ0) is 14.5. The number of carbonyl (C=O) groups is 1. The van der Waals surface area contributed by atoms with E-state index in [1.54, 1.807) is 0 Å². The minimum Gasteiger partial charge on any atom is -0.290 e. The lowest BCUT2D eigenvalue weighted by Gasteiger charge is -2.07. The Kier molecular flexibility index (Phi) is 5.17. The summed E-state index contributed by atoms with van der Waals surface area (Å²) in [6.45, 7) is 0. The molecule has 104 valence electrons. The van der Waals surface area contributed by atoms with Crippen LogP contribution in [0.3, 0.4) is 0 Å². The zero-order valence-electron chi connectivity index (χ0n) is 10.4. The second-order valence-electron chi connectivity index (χ2n) is 4.00. The van der Waals surface area contributed by atoms with Crippen LogP contribution in [0.5, 0.6) is 0 Å². The van der Waals surface area contributed by atoms with Gasteiger partial charge in [-0.25, -0.2) is 10.2 Å². The summed E-state index contributed by atoms with van der Waals surface area (Å²) in [4.78, 5) is 12.4. The number of nitrogens with two attached hydrogens (primary N) is 1. The number of carbonyl (C=O) groups excluding carboxylic acids is 1. The van der Waals surface area contributed by atoms with Gasteiger partial charge in [0.2, 0.25) is 0 Å². The molecule has 0 aromatic heterocycles. The Morgan fingerprint density at radius 3 is 2.75 bits per heavy atom. The second kappa shape index (κ2) is 6.88. The molecule has 0 aliphatic rings. The number of thioether (sulfide) groups is 1. The van der Waals surface area contributed by atoms with E-state index in [9.17, 15) is 9.18 Å². The summed E-state index contributed by atoms with van der Waals surface area (Å²) in [5, 5.41) is 0. The molecule has 20 heavy (non-hydrogen) atoms. The van der Waals surface area contributed by atoms with Crippen molar-refractivity contribution in [2.45, 2.75) is 10.6 Å². The fourth-order valence-electron chi connectivity index (χ4n) is 1.63. The Labute approximate surface area is 128 Å². The first-order valence-electron chi connectivity index (χ1n) is 5.78. The van der Waals surface area contributed by atoms with E-state index in [1.165, 1.54) is 30.0 Å². The van der Waals surface area contributed by atoms with Crippen molar-refractivity contribution in [1.29, 1.82) is 0 Å². The van der Waals surface area contributed by atoms with Crippen LogP contribution in [0, 0.1) is 5.82 Å². The standard InChI is InChI=1S/C14H12BrFN2OS/c15-11-3-1-2-4-13(11)20-8-10-7-9(14(19)18-17)5-6-12(10)16/h1-7H,8,17H2,(H,18,19). The number of nitrogen functional groups attached to an aromatic ring is 1. The molecule has 3 nitrogen and oxygen atoms in total. The van der Waals surface area contributed by atoms with Crippen LogP contribution < -0.4 is 11.3 Å². The van der Waals surface area contributed by atoms with Gasteiger partial charge in [-0.05, 0) is 51.8 Å². The molecule has 0 spiro atoms. The Bertz CT molecular complexity index is 636. The number of hydrogen-bond acceptors (Lipinski definition) is 3. The average Bonchev–Trinajstić information content (AvgIpc) is 2.47. The molecule has 2 aromatic carbocycles. The first-order valence-corrected chi connectivity index (χ1v) is 7.56. The van der Waals surface area contributed by atoms with Gasteiger partial charge in [-0.15, -0.1) is 11.8 Å². The Morgan fingerprint density at radius 1 is 1.30 bits per heavy atom. The van der Waals surface area contributed by atoms with Gasteiger partial charge in [0.05, 0.1) is 0 Å². The van der Waals surface area contributed by atoms with Crippen molar-refractivity contribution < 1.29 is 9.18 Å². The first-order chi connectivity index (χ1) is 9.61. The SMILES string of the molecule is NNC(=O)c1ccc(F)c(CSc2ccccc2Br)c1. The van der Waals surface area contributed by atoms with Gasteiger partial charge in [-0.3, -0.25) is 10.2 Å². The number of hydrogen-bond donors (Lipinski definition) is 2. The number of nitrogens with one attached hydrogen (secondary N) is 1. The number of hydrazine groups is 1. The van der Waals surface area contributed by atoms with E-state index in [0.29, 0.717) is 16.9 Å². The van der Waals surface area contributed by atoms with Crippen LogP contribution in [0.4, 0.5) is 4.39 Å². The topological polar surface area (TPSA) is 55.1 Å². The van der Waals surface area contributed by atoms with Crippen LogP contribution in [-0.4, -0.2) is 5.91 Å². The highest BCUT2D eigenvalue weighted by molar-refractivity contribution is 9.10. The minimum absolute atomic E-state index is 0.335. The van der Waals surface area contributed by atoms with E-state index in [0.717, 1.165) is 9.37 Å². The maximum Gasteiger partial charge on any atom is 0.265 e. The zero-order valence-corrected chi connectivity index (χ0v) is 12.8. The summed E-state index contributed by atoms with van der Waals surface area (Å²) in [7, 11) is 0.